The Labute approximate surface area is 196 Å². The third kappa shape index (κ3) is 3.51. The molecule has 6 rings (SSSR count). The van der Waals surface area contributed by atoms with Crippen LogP contribution in [-0.2, 0) is 0 Å². The topological polar surface area (TPSA) is 88.0 Å². The van der Waals surface area contributed by atoms with Crippen molar-refractivity contribution in [1.82, 2.24) is 29.9 Å². The van der Waals surface area contributed by atoms with E-state index in [1.54, 1.807) is 19.6 Å². The van der Waals surface area contributed by atoms with Crippen molar-refractivity contribution in [1.29, 1.82) is 0 Å². The molecule has 1 N–H and O–H groups in total. The molecule has 0 aliphatic carbocycles. The van der Waals surface area contributed by atoms with E-state index in [4.69, 9.17) is 4.74 Å². The summed E-state index contributed by atoms with van der Waals surface area (Å²) in [6.07, 6.45) is 5.24. The van der Waals surface area contributed by atoms with Gasteiger partial charge in [0.15, 0.2) is 5.65 Å². The van der Waals surface area contributed by atoms with Gasteiger partial charge in [-0.1, -0.05) is 24.3 Å². The zero-order valence-corrected chi connectivity index (χ0v) is 18.8. The Morgan fingerprint density at radius 2 is 1.76 bits per heavy atom. The van der Waals surface area contributed by atoms with Crippen molar-refractivity contribution in [3.63, 3.8) is 0 Å². The average Bonchev–Trinajstić information content (AvgIpc) is 3.59. The lowest BCUT2D eigenvalue weighted by atomic mass is 10.1. The van der Waals surface area contributed by atoms with Crippen LogP contribution in [0.25, 0.3) is 28.0 Å². The summed E-state index contributed by atoms with van der Waals surface area (Å²) in [6, 6.07) is 18.3. The van der Waals surface area contributed by atoms with Gasteiger partial charge in [-0.25, -0.2) is 14.6 Å². The molecule has 0 unspecified atom stereocenters. The van der Waals surface area contributed by atoms with Gasteiger partial charge in [0, 0.05) is 37.9 Å². The number of para-hydroxylation sites is 2. The Hall–Kier alpha value is -4.40. The Morgan fingerprint density at radius 1 is 0.912 bits per heavy atom. The first-order chi connectivity index (χ1) is 16.8. The van der Waals surface area contributed by atoms with Crippen LogP contribution in [0, 0.1) is 0 Å². The van der Waals surface area contributed by atoms with Crippen molar-refractivity contribution in [3.05, 3.63) is 73.3 Å². The minimum absolute atomic E-state index is 0.791. The summed E-state index contributed by atoms with van der Waals surface area (Å²) < 4.78 is 7.42. The number of aromatic amines is 1. The number of nitrogens with zero attached hydrogens (tertiary/aromatic N) is 7. The van der Waals surface area contributed by atoms with Gasteiger partial charge in [-0.05, 0) is 30.3 Å². The summed E-state index contributed by atoms with van der Waals surface area (Å²) in [5.41, 5.74) is 4.86. The molecular weight excluding hydrogens is 428 g/mol. The third-order valence-electron chi connectivity index (χ3n) is 6.25. The highest BCUT2D eigenvalue weighted by Crippen LogP contribution is 2.31. The van der Waals surface area contributed by atoms with Crippen LogP contribution in [0.1, 0.15) is 0 Å². The second-order valence-electron chi connectivity index (χ2n) is 8.16. The minimum atomic E-state index is 0.791. The van der Waals surface area contributed by atoms with Crippen LogP contribution >= 0.6 is 0 Å². The van der Waals surface area contributed by atoms with E-state index in [2.05, 4.69) is 47.2 Å². The van der Waals surface area contributed by atoms with Crippen LogP contribution in [0.4, 0.5) is 11.5 Å². The number of nitrogens with one attached hydrogen (secondary N) is 1. The van der Waals surface area contributed by atoms with E-state index in [0.717, 1.165) is 71.4 Å². The summed E-state index contributed by atoms with van der Waals surface area (Å²) in [5, 5.41) is 12.7. The molecular formula is C25H24N8O. The molecule has 1 aliphatic rings. The van der Waals surface area contributed by atoms with Gasteiger partial charge < -0.3 is 14.5 Å². The van der Waals surface area contributed by atoms with Crippen LogP contribution in [0.3, 0.4) is 0 Å². The maximum atomic E-state index is 5.55. The maximum Gasteiger partial charge on any atom is 0.168 e. The number of ether oxygens (including phenoxy) is 1. The first-order valence-corrected chi connectivity index (χ1v) is 11.2. The predicted molar refractivity (Wildman–Crippen MR) is 132 cm³/mol. The van der Waals surface area contributed by atoms with E-state index < -0.39 is 0 Å². The van der Waals surface area contributed by atoms with Crippen LogP contribution in [0.15, 0.2) is 73.3 Å². The number of hydrogen-bond donors (Lipinski definition) is 1. The number of fused-ring (bicyclic) bond motifs is 1. The number of rotatable bonds is 5. The molecule has 0 spiro atoms. The molecule has 1 saturated heterocycles. The van der Waals surface area contributed by atoms with E-state index in [9.17, 15) is 0 Å². The Bertz CT molecular complexity index is 1420. The molecule has 0 atom stereocenters. The van der Waals surface area contributed by atoms with Gasteiger partial charge in [0.05, 0.1) is 35.8 Å². The third-order valence-corrected chi connectivity index (χ3v) is 6.25. The smallest absolute Gasteiger partial charge is 0.168 e. The molecule has 1 aliphatic heterocycles. The van der Waals surface area contributed by atoms with E-state index >= 15 is 0 Å². The molecule has 0 bridgehead atoms. The first-order valence-electron chi connectivity index (χ1n) is 11.2. The molecule has 9 nitrogen and oxygen atoms in total. The van der Waals surface area contributed by atoms with Crippen LogP contribution in [-0.4, -0.2) is 63.2 Å². The first kappa shape index (κ1) is 20.2. The molecule has 5 aromatic rings. The molecule has 0 amide bonds. The minimum Gasteiger partial charge on any atom is -0.495 e. The van der Waals surface area contributed by atoms with E-state index in [1.807, 2.05) is 53.3 Å². The van der Waals surface area contributed by atoms with Crippen molar-refractivity contribution in [3.8, 4) is 22.7 Å². The standard InChI is InChI=1S/C25H24N8O/c1-34-23-8-3-2-7-22(23)31-11-13-32(14-12-31)24-20-16-29-33(25(20)27-17-26-24)19-6-4-5-18(15-19)21-9-10-28-30-21/h2-10,15-17H,11-14H2,1H3,(H,28,30). The molecule has 4 heterocycles. The van der Waals surface area contributed by atoms with Gasteiger partial charge in [0.2, 0.25) is 0 Å². The molecule has 170 valence electrons. The van der Waals surface area contributed by atoms with Gasteiger partial charge in [-0.3, -0.25) is 5.10 Å². The number of anilines is 2. The Balaban J connectivity index is 1.28. The number of H-pyrrole nitrogens is 1. The summed E-state index contributed by atoms with van der Waals surface area (Å²) in [7, 11) is 1.72. The Kier molecular flexibility index (Phi) is 5.06. The number of benzene rings is 2. The highest BCUT2D eigenvalue weighted by molar-refractivity contribution is 5.88. The zero-order chi connectivity index (χ0) is 22.9. The monoisotopic (exact) mass is 452 g/mol. The summed E-state index contributed by atoms with van der Waals surface area (Å²) in [4.78, 5) is 13.9. The lowest BCUT2D eigenvalue weighted by Crippen LogP contribution is -2.47. The van der Waals surface area contributed by atoms with Crippen LogP contribution in [0.2, 0.25) is 0 Å². The number of hydrogen-bond acceptors (Lipinski definition) is 7. The Morgan fingerprint density at radius 3 is 2.59 bits per heavy atom. The fourth-order valence-corrected chi connectivity index (χ4v) is 4.54. The molecule has 34 heavy (non-hydrogen) atoms. The van der Waals surface area contributed by atoms with Crippen molar-refractivity contribution in [2.45, 2.75) is 0 Å². The van der Waals surface area contributed by atoms with Gasteiger partial charge >= 0.3 is 0 Å². The summed E-state index contributed by atoms with van der Waals surface area (Å²) >= 11 is 0. The second-order valence-corrected chi connectivity index (χ2v) is 8.16. The highest BCUT2D eigenvalue weighted by Gasteiger charge is 2.23. The number of piperazine rings is 1. The lowest BCUT2D eigenvalue weighted by Gasteiger charge is -2.37. The van der Waals surface area contributed by atoms with Gasteiger partial charge in [-0.2, -0.15) is 10.2 Å². The number of methoxy groups -OCH3 is 1. The lowest BCUT2D eigenvalue weighted by molar-refractivity contribution is 0.413. The van der Waals surface area contributed by atoms with Crippen molar-refractivity contribution in [2.24, 2.45) is 0 Å². The molecule has 2 aromatic carbocycles. The fraction of sp³-hybridized carbons (Fsp3) is 0.200. The van der Waals surface area contributed by atoms with Crippen LogP contribution < -0.4 is 14.5 Å². The van der Waals surface area contributed by atoms with Crippen molar-refractivity contribution < 1.29 is 4.74 Å². The summed E-state index contributed by atoms with van der Waals surface area (Å²) in [5.74, 6) is 1.82. The van der Waals surface area contributed by atoms with Gasteiger partial charge in [0.25, 0.3) is 0 Å². The molecule has 0 saturated carbocycles. The summed E-state index contributed by atoms with van der Waals surface area (Å²) in [6.45, 7) is 3.47. The van der Waals surface area contributed by atoms with Gasteiger partial charge in [-0.15, -0.1) is 0 Å². The molecule has 9 heteroatoms. The number of aromatic nitrogens is 6. The molecule has 3 aromatic heterocycles. The zero-order valence-electron chi connectivity index (χ0n) is 18.8. The van der Waals surface area contributed by atoms with Crippen molar-refractivity contribution in [2.75, 3.05) is 43.1 Å². The highest BCUT2D eigenvalue weighted by atomic mass is 16.5. The average molecular weight is 453 g/mol. The van der Waals surface area contributed by atoms with Crippen molar-refractivity contribution >= 4 is 22.5 Å². The maximum absolute atomic E-state index is 5.55. The van der Waals surface area contributed by atoms with E-state index in [-0.39, 0.29) is 0 Å². The van der Waals surface area contributed by atoms with Gasteiger partial charge in [0.1, 0.15) is 17.9 Å². The fourth-order valence-electron chi connectivity index (χ4n) is 4.54. The second kappa shape index (κ2) is 8.51. The SMILES string of the molecule is COc1ccccc1N1CCN(c2ncnc3c2cnn3-c2cccc(-c3ccn[nH]3)c2)CC1. The molecule has 1 fully saturated rings. The van der Waals surface area contributed by atoms with Crippen LogP contribution in [0.5, 0.6) is 5.75 Å². The van der Waals surface area contributed by atoms with E-state index in [1.165, 1.54) is 0 Å². The molecule has 0 radical (unpaired) electrons. The quantitative estimate of drug-likeness (QED) is 0.436. The predicted octanol–water partition coefficient (Wildman–Crippen LogP) is 3.54. The van der Waals surface area contributed by atoms with E-state index in [0.29, 0.717) is 0 Å². The normalized spacial score (nSPS) is 14.0. The largest absolute Gasteiger partial charge is 0.495 e.